The van der Waals surface area contributed by atoms with Crippen LogP contribution in [0.5, 0.6) is 0 Å². The number of esters is 1. The van der Waals surface area contributed by atoms with Gasteiger partial charge in [0.15, 0.2) is 6.61 Å². The van der Waals surface area contributed by atoms with Crippen LogP contribution in [-0.2, 0) is 26.3 Å². The van der Waals surface area contributed by atoms with Crippen LogP contribution in [0.3, 0.4) is 0 Å². The first-order valence-electron chi connectivity index (χ1n) is 12.2. The van der Waals surface area contributed by atoms with Gasteiger partial charge in [0.2, 0.25) is 0 Å². The Morgan fingerprint density at radius 2 is 1.62 bits per heavy atom. The van der Waals surface area contributed by atoms with Gasteiger partial charge in [-0.1, -0.05) is 60.2 Å². The molecule has 2 aromatic carbocycles. The molecule has 4 bridgehead atoms. The molecule has 0 aromatic heterocycles. The second-order valence-corrected chi connectivity index (χ2v) is 10.7. The fourth-order valence-electron chi connectivity index (χ4n) is 7.02. The third-order valence-corrected chi connectivity index (χ3v) is 8.04. The minimum Gasteiger partial charge on any atom is -0.455 e. The highest BCUT2D eigenvalue weighted by Gasteiger charge is 2.61. The standard InChI is InChI=1S/C28H32N2O4/c1-19-7-9-23(10-8-19)27-12-21-11-22(13-27)15-28(14-21,18-27)25(32)34-17-24(31)30-26(33)29-16-20-5-3-2-4-6-20/h2-10,21-22H,11-18H2,1H3,(H2,29,30,31,33)/t21-,22-,27?,28?/m0/s1. The number of benzene rings is 2. The summed E-state index contributed by atoms with van der Waals surface area (Å²) in [5.74, 6) is 0.148. The lowest BCUT2D eigenvalue weighted by atomic mass is 9.43. The number of carbonyl (C=O) groups is 3. The molecule has 6 rings (SSSR count). The van der Waals surface area contributed by atoms with Crippen LogP contribution >= 0.6 is 0 Å². The molecule has 4 aliphatic carbocycles. The van der Waals surface area contributed by atoms with E-state index in [0.717, 1.165) is 37.7 Å². The van der Waals surface area contributed by atoms with Gasteiger partial charge in [0, 0.05) is 6.54 Å². The summed E-state index contributed by atoms with van der Waals surface area (Å²) in [6.07, 6.45) is 5.91. The lowest BCUT2D eigenvalue weighted by molar-refractivity contribution is -0.175. The van der Waals surface area contributed by atoms with Gasteiger partial charge in [-0.05, 0) is 73.8 Å². The average molecular weight is 461 g/mol. The number of aryl methyl sites for hydroxylation is 1. The Morgan fingerprint density at radius 1 is 0.941 bits per heavy atom. The van der Waals surface area contributed by atoms with Crippen molar-refractivity contribution in [2.24, 2.45) is 17.3 Å². The lowest BCUT2D eigenvalue weighted by Crippen LogP contribution is -2.57. The number of amides is 3. The van der Waals surface area contributed by atoms with Gasteiger partial charge < -0.3 is 10.1 Å². The summed E-state index contributed by atoms with van der Waals surface area (Å²) in [4.78, 5) is 37.6. The second kappa shape index (κ2) is 8.90. The topological polar surface area (TPSA) is 84.5 Å². The number of imide groups is 1. The van der Waals surface area contributed by atoms with Gasteiger partial charge in [0.25, 0.3) is 5.91 Å². The molecule has 3 amide bonds. The molecule has 2 aromatic rings. The van der Waals surface area contributed by atoms with Crippen molar-refractivity contribution in [2.45, 2.75) is 57.4 Å². The molecule has 0 spiro atoms. The summed E-state index contributed by atoms with van der Waals surface area (Å²) in [6.45, 7) is 1.97. The summed E-state index contributed by atoms with van der Waals surface area (Å²) < 4.78 is 5.52. The first-order valence-corrected chi connectivity index (χ1v) is 12.2. The van der Waals surface area contributed by atoms with Crippen LogP contribution in [0, 0.1) is 24.2 Å². The minimum absolute atomic E-state index is 0.0242. The van der Waals surface area contributed by atoms with Crippen molar-refractivity contribution in [1.82, 2.24) is 10.6 Å². The summed E-state index contributed by atoms with van der Waals surface area (Å²) in [5.41, 5.74) is 3.00. The SMILES string of the molecule is Cc1ccc(C23C[C@@H]4C[C@H](CC(C(=O)OCC(=O)NC(=O)NCc5ccccc5)(C4)C2)C3)cc1. The number of rotatable bonds is 6. The molecule has 0 aliphatic heterocycles. The average Bonchev–Trinajstić information content (AvgIpc) is 2.81. The number of nitrogens with one attached hydrogen (secondary N) is 2. The van der Waals surface area contributed by atoms with E-state index in [-0.39, 0.29) is 11.4 Å². The van der Waals surface area contributed by atoms with Gasteiger partial charge in [-0.25, -0.2) is 4.79 Å². The highest BCUT2D eigenvalue weighted by atomic mass is 16.5. The monoisotopic (exact) mass is 460 g/mol. The van der Waals surface area contributed by atoms with Crippen molar-refractivity contribution in [3.63, 3.8) is 0 Å². The Kier molecular flexibility index (Phi) is 5.92. The predicted molar refractivity (Wildman–Crippen MR) is 128 cm³/mol. The minimum atomic E-state index is -0.614. The highest BCUT2D eigenvalue weighted by molar-refractivity contribution is 5.95. The van der Waals surface area contributed by atoms with Crippen LogP contribution in [0.1, 0.15) is 55.2 Å². The first kappa shape index (κ1) is 22.6. The molecule has 34 heavy (non-hydrogen) atoms. The van der Waals surface area contributed by atoms with E-state index in [9.17, 15) is 14.4 Å². The van der Waals surface area contributed by atoms with Gasteiger partial charge in [-0.2, -0.15) is 0 Å². The van der Waals surface area contributed by atoms with E-state index in [4.69, 9.17) is 4.74 Å². The zero-order chi connectivity index (χ0) is 23.8. The van der Waals surface area contributed by atoms with Gasteiger partial charge >= 0.3 is 12.0 Å². The first-order chi connectivity index (χ1) is 16.4. The fourth-order valence-corrected chi connectivity index (χ4v) is 7.02. The molecular formula is C28H32N2O4. The van der Waals surface area contributed by atoms with E-state index in [1.807, 2.05) is 30.3 Å². The molecule has 2 N–H and O–H groups in total. The summed E-state index contributed by atoms with van der Waals surface area (Å²) >= 11 is 0. The van der Waals surface area contributed by atoms with Crippen molar-refractivity contribution in [3.05, 3.63) is 71.3 Å². The molecule has 6 heteroatoms. The summed E-state index contributed by atoms with van der Waals surface area (Å²) in [5, 5.41) is 4.89. The summed E-state index contributed by atoms with van der Waals surface area (Å²) in [6, 6.07) is 17.6. The molecule has 0 heterocycles. The van der Waals surface area contributed by atoms with Gasteiger partial charge in [-0.3, -0.25) is 14.9 Å². The van der Waals surface area contributed by atoms with Crippen molar-refractivity contribution < 1.29 is 19.1 Å². The van der Waals surface area contributed by atoms with E-state index in [0.29, 0.717) is 18.4 Å². The van der Waals surface area contributed by atoms with Crippen molar-refractivity contribution in [1.29, 1.82) is 0 Å². The molecule has 0 saturated heterocycles. The van der Waals surface area contributed by atoms with Crippen LogP contribution in [0.25, 0.3) is 0 Å². The Morgan fingerprint density at radius 3 is 2.29 bits per heavy atom. The van der Waals surface area contributed by atoms with Crippen LogP contribution in [-0.4, -0.2) is 24.5 Å². The lowest BCUT2D eigenvalue weighted by Gasteiger charge is -2.61. The largest absolute Gasteiger partial charge is 0.455 e. The number of urea groups is 1. The molecule has 178 valence electrons. The molecule has 4 aliphatic rings. The van der Waals surface area contributed by atoms with E-state index in [1.165, 1.54) is 17.5 Å². The fraction of sp³-hybridized carbons (Fsp3) is 0.464. The molecule has 4 fully saturated rings. The smallest absolute Gasteiger partial charge is 0.321 e. The maximum absolute atomic E-state index is 13.3. The molecule has 0 unspecified atom stereocenters. The molecular weight excluding hydrogens is 428 g/mol. The molecule has 2 atom stereocenters. The molecule has 4 saturated carbocycles. The quantitative estimate of drug-likeness (QED) is 0.626. The van der Waals surface area contributed by atoms with Gasteiger partial charge in [0.1, 0.15) is 0 Å². The van der Waals surface area contributed by atoms with Crippen LogP contribution in [0.15, 0.2) is 54.6 Å². The van der Waals surface area contributed by atoms with Crippen molar-refractivity contribution >= 4 is 17.9 Å². The number of carbonyl (C=O) groups excluding carboxylic acids is 3. The van der Waals surface area contributed by atoms with Crippen LogP contribution in [0.2, 0.25) is 0 Å². The van der Waals surface area contributed by atoms with E-state index >= 15 is 0 Å². The number of ether oxygens (including phenoxy) is 1. The predicted octanol–water partition coefficient (Wildman–Crippen LogP) is 4.40. The molecule has 6 nitrogen and oxygen atoms in total. The Bertz CT molecular complexity index is 1070. The van der Waals surface area contributed by atoms with Gasteiger partial charge in [-0.15, -0.1) is 0 Å². The van der Waals surface area contributed by atoms with E-state index in [2.05, 4.69) is 41.8 Å². The van der Waals surface area contributed by atoms with E-state index in [1.54, 1.807) is 0 Å². The molecule has 0 radical (unpaired) electrons. The third-order valence-electron chi connectivity index (χ3n) is 8.04. The maximum atomic E-state index is 13.3. The van der Waals surface area contributed by atoms with Crippen molar-refractivity contribution in [2.75, 3.05) is 6.61 Å². The highest BCUT2D eigenvalue weighted by Crippen LogP contribution is 2.66. The third kappa shape index (κ3) is 4.46. The maximum Gasteiger partial charge on any atom is 0.321 e. The number of hydrogen-bond acceptors (Lipinski definition) is 4. The zero-order valence-corrected chi connectivity index (χ0v) is 19.6. The Hall–Kier alpha value is -3.15. The number of hydrogen-bond donors (Lipinski definition) is 2. The normalized spacial score (nSPS) is 28.9. The Balaban J connectivity index is 1.19. The van der Waals surface area contributed by atoms with Crippen LogP contribution < -0.4 is 10.6 Å². The summed E-state index contributed by atoms with van der Waals surface area (Å²) in [7, 11) is 0. The second-order valence-electron chi connectivity index (χ2n) is 10.7. The zero-order valence-electron chi connectivity index (χ0n) is 19.6. The van der Waals surface area contributed by atoms with Gasteiger partial charge in [0.05, 0.1) is 5.41 Å². The Labute approximate surface area is 200 Å². The van der Waals surface area contributed by atoms with E-state index < -0.39 is 24.0 Å². The van der Waals surface area contributed by atoms with Crippen molar-refractivity contribution in [3.8, 4) is 0 Å². The van der Waals surface area contributed by atoms with Crippen LogP contribution in [0.4, 0.5) is 4.79 Å².